The van der Waals surface area contributed by atoms with Gasteiger partial charge in [0.15, 0.2) is 17.9 Å². The maximum absolute atomic E-state index is 10.6. The number of carbonyl (C=O) groups excluding carboxylic acids is 1. The number of fused-ring (bicyclic) bond motifs is 1. The molecule has 3 rings (SSSR count). The van der Waals surface area contributed by atoms with Crippen LogP contribution in [0, 0.1) is 0 Å². The lowest BCUT2D eigenvalue weighted by atomic mass is 10.0. The minimum Gasteiger partial charge on any atom is -0.438 e. The second kappa shape index (κ2) is 4.69. The number of benzene rings is 1. The molecule has 0 unspecified atom stereocenters. The van der Waals surface area contributed by atoms with Crippen molar-refractivity contribution < 1.29 is 9.21 Å². The van der Waals surface area contributed by atoms with Crippen LogP contribution in [0.4, 0.5) is 5.88 Å². The van der Waals surface area contributed by atoms with Gasteiger partial charge in [0.25, 0.3) is 0 Å². The predicted octanol–water partition coefficient (Wildman–Crippen LogP) is 2.70. The Morgan fingerprint density at radius 1 is 1.00 bits per heavy atom. The monoisotopic (exact) mass is 241 g/mol. The van der Waals surface area contributed by atoms with Crippen LogP contribution in [-0.2, 0) is 12.8 Å². The van der Waals surface area contributed by atoms with E-state index in [1.165, 1.54) is 11.1 Å². The van der Waals surface area contributed by atoms with E-state index in [-0.39, 0.29) is 0 Å². The van der Waals surface area contributed by atoms with E-state index >= 15 is 0 Å². The van der Waals surface area contributed by atoms with Crippen molar-refractivity contribution in [1.29, 1.82) is 0 Å². The molecule has 0 N–H and O–H groups in total. The van der Waals surface area contributed by atoms with Crippen LogP contribution in [0.2, 0.25) is 0 Å². The average molecular weight is 241 g/mol. The fraction of sp³-hybridized carbons (Fsp3) is 0.267. The van der Waals surface area contributed by atoms with Gasteiger partial charge in [0.1, 0.15) is 0 Å². The molecule has 1 aromatic carbocycles. The fourth-order valence-electron chi connectivity index (χ4n) is 2.46. The van der Waals surface area contributed by atoms with E-state index in [9.17, 15) is 4.79 Å². The fourth-order valence-corrected chi connectivity index (χ4v) is 2.46. The van der Waals surface area contributed by atoms with Gasteiger partial charge in [0.2, 0.25) is 0 Å². The van der Waals surface area contributed by atoms with Crippen LogP contribution >= 0.6 is 0 Å². The van der Waals surface area contributed by atoms with E-state index in [1.54, 1.807) is 6.07 Å². The van der Waals surface area contributed by atoms with Crippen molar-refractivity contribution in [3.8, 4) is 0 Å². The molecule has 0 saturated carbocycles. The highest BCUT2D eigenvalue weighted by Crippen LogP contribution is 2.22. The smallest absolute Gasteiger partial charge is 0.196 e. The van der Waals surface area contributed by atoms with Gasteiger partial charge in [-0.1, -0.05) is 24.3 Å². The minimum atomic E-state index is 0.395. The Balaban J connectivity index is 1.80. The summed E-state index contributed by atoms with van der Waals surface area (Å²) < 4.78 is 5.48. The summed E-state index contributed by atoms with van der Waals surface area (Å²) in [5, 5.41) is 0. The zero-order valence-corrected chi connectivity index (χ0v) is 10.1. The Morgan fingerprint density at radius 3 is 2.22 bits per heavy atom. The molecule has 3 heteroatoms. The van der Waals surface area contributed by atoms with Gasteiger partial charge < -0.3 is 9.32 Å². The second-order valence-corrected chi connectivity index (χ2v) is 4.55. The van der Waals surface area contributed by atoms with E-state index in [2.05, 4.69) is 29.2 Å². The number of anilines is 1. The Kier molecular flexibility index (Phi) is 2.89. The second-order valence-electron chi connectivity index (χ2n) is 4.55. The molecule has 0 bridgehead atoms. The molecule has 0 radical (unpaired) electrons. The summed E-state index contributed by atoms with van der Waals surface area (Å²) in [6.45, 7) is 1.87. The van der Waals surface area contributed by atoms with Gasteiger partial charge in [0, 0.05) is 19.2 Å². The van der Waals surface area contributed by atoms with Crippen molar-refractivity contribution in [2.24, 2.45) is 0 Å². The first kappa shape index (κ1) is 11.1. The zero-order valence-electron chi connectivity index (χ0n) is 10.1. The number of aldehydes is 1. The quantitative estimate of drug-likeness (QED) is 0.758. The summed E-state index contributed by atoms with van der Waals surface area (Å²) in [4.78, 5) is 12.8. The van der Waals surface area contributed by atoms with Crippen LogP contribution < -0.4 is 4.90 Å². The van der Waals surface area contributed by atoms with Crippen molar-refractivity contribution in [2.75, 3.05) is 18.0 Å². The number of furan rings is 1. The highest BCUT2D eigenvalue weighted by molar-refractivity contribution is 5.71. The van der Waals surface area contributed by atoms with E-state index < -0.39 is 0 Å². The predicted molar refractivity (Wildman–Crippen MR) is 70.2 cm³/mol. The molecular formula is C15H15NO2. The number of rotatable bonds is 2. The number of hydrogen-bond acceptors (Lipinski definition) is 3. The number of hydrogen-bond donors (Lipinski definition) is 0. The topological polar surface area (TPSA) is 33.5 Å². The van der Waals surface area contributed by atoms with E-state index in [0.717, 1.165) is 38.1 Å². The summed E-state index contributed by atoms with van der Waals surface area (Å²) in [5.74, 6) is 1.19. The normalized spacial score (nSPS) is 15.0. The Bertz CT molecular complexity index is 532. The van der Waals surface area contributed by atoms with Gasteiger partial charge in [0.05, 0.1) is 0 Å². The molecule has 2 aromatic rings. The molecule has 2 heterocycles. The van der Waals surface area contributed by atoms with E-state index in [1.807, 2.05) is 6.07 Å². The zero-order chi connectivity index (χ0) is 12.4. The van der Waals surface area contributed by atoms with Crippen LogP contribution in [0.15, 0.2) is 40.8 Å². The minimum absolute atomic E-state index is 0.395. The molecule has 1 aliphatic heterocycles. The number of nitrogens with zero attached hydrogens (tertiary/aromatic N) is 1. The summed E-state index contributed by atoms with van der Waals surface area (Å²) in [7, 11) is 0. The molecule has 92 valence electrons. The van der Waals surface area contributed by atoms with Crippen molar-refractivity contribution >= 4 is 12.2 Å². The first-order valence-electron chi connectivity index (χ1n) is 6.23. The lowest BCUT2D eigenvalue weighted by Gasteiger charge is -2.18. The van der Waals surface area contributed by atoms with Crippen LogP contribution in [0.1, 0.15) is 21.7 Å². The summed E-state index contributed by atoms with van der Waals surface area (Å²) in [5.41, 5.74) is 2.84. The lowest BCUT2D eigenvalue weighted by Crippen LogP contribution is -2.25. The Hall–Kier alpha value is -2.03. The van der Waals surface area contributed by atoms with Crippen LogP contribution in [0.25, 0.3) is 0 Å². The van der Waals surface area contributed by atoms with Crippen molar-refractivity contribution in [3.05, 3.63) is 53.3 Å². The highest BCUT2D eigenvalue weighted by Gasteiger charge is 2.16. The number of carbonyl (C=O) groups is 1. The summed E-state index contributed by atoms with van der Waals surface area (Å²) >= 11 is 0. The van der Waals surface area contributed by atoms with Crippen LogP contribution in [-0.4, -0.2) is 19.4 Å². The summed E-state index contributed by atoms with van der Waals surface area (Å²) in [6.07, 6.45) is 2.79. The van der Waals surface area contributed by atoms with Gasteiger partial charge in [-0.05, 0) is 30.0 Å². The molecule has 3 nitrogen and oxygen atoms in total. The molecule has 0 fully saturated rings. The third-order valence-corrected chi connectivity index (χ3v) is 3.46. The van der Waals surface area contributed by atoms with E-state index in [0.29, 0.717) is 5.76 Å². The van der Waals surface area contributed by atoms with Crippen LogP contribution in [0.3, 0.4) is 0 Å². The first-order chi connectivity index (χ1) is 8.86. The Morgan fingerprint density at radius 2 is 1.67 bits per heavy atom. The van der Waals surface area contributed by atoms with E-state index in [4.69, 9.17) is 4.42 Å². The molecule has 18 heavy (non-hydrogen) atoms. The molecule has 1 aromatic heterocycles. The molecule has 0 spiro atoms. The average Bonchev–Trinajstić information content (AvgIpc) is 2.79. The maximum atomic E-state index is 10.6. The third-order valence-electron chi connectivity index (χ3n) is 3.46. The molecule has 0 saturated heterocycles. The molecule has 1 aliphatic rings. The first-order valence-corrected chi connectivity index (χ1v) is 6.23. The largest absolute Gasteiger partial charge is 0.438 e. The van der Waals surface area contributed by atoms with Crippen LogP contribution in [0.5, 0.6) is 0 Å². The summed E-state index contributed by atoms with van der Waals surface area (Å²) in [6, 6.07) is 12.2. The molecular weight excluding hydrogens is 226 g/mol. The maximum Gasteiger partial charge on any atom is 0.196 e. The van der Waals surface area contributed by atoms with Crippen molar-refractivity contribution in [1.82, 2.24) is 0 Å². The Labute approximate surface area is 106 Å². The molecule has 0 atom stereocenters. The SMILES string of the molecule is O=Cc1ccc(N2CCc3ccccc3CC2)o1. The van der Waals surface area contributed by atoms with Gasteiger partial charge in [-0.2, -0.15) is 0 Å². The molecule has 0 amide bonds. The lowest BCUT2D eigenvalue weighted by molar-refractivity contribution is 0.110. The van der Waals surface area contributed by atoms with Gasteiger partial charge >= 0.3 is 0 Å². The van der Waals surface area contributed by atoms with Gasteiger partial charge in [-0.25, -0.2) is 0 Å². The van der Waals surface area contributed by atoms with Gasteiger partial charge in [-0.15, -0.1) is 0 Å². The van der Waals surface area contributed by atoms with Crippen molar-refractivity contribution in [2.45, 2.75) is 12.8 Å². The third kappa shape index (κ3) is 2.04. The standard InChI is InChI=1S/C15H15NO2/c17-11-14-5-6-15(18-14)16-9-7-12-3-1-2-4-13(12)8-10-16/h1-6,11H,7-10H2. The highest BCUT2D eigenvalue weighted by atomic mass is 16.4. The van der Waals surface area contributed by atoms with Crippen molar-refractivity contribution in [3.63, 3.8) is 0 Å². The molecule has 0 aliphatic carbocycles. The van der Waals surface area contributed by atoms with Gasteiger partial charge in [-0.3, -0.25) is 4.79 Å².